The Hall–Kier alpha value is -2.17. The fourth-order valence-corrected chi connectivity index (χ4v) is 2.00. The zero-order chi connectivity index (χ0) is 15.5. The molecule has 0 amide bonds. The van der Waals surface area contributed by atoms with Crippen molar-refractivity contribution in [2.75, 3.05) is 0 Å². The van der Waals surface area contributed by atoms with Gasteiger partial charge in [0.25, 0.3) is 0 Å². The first-order valence-corrected chi connectivity index (χ1v) is 6.27. The van der Waals surface area contributed by atoms with Crippen molar-refractivity contribution in [1.82, 2.24) is 0 Å². The Bertz CT molecular complexity index is 647. The minimum absolute atomic E-state index is 0.136. The minimum atomic E-state index is -4.44. The first-order valence-electron chi connectivity index (χ1n) is 6.27. The van der Waals surface area contributed by atoms with E-state index in [4.69, 9.17) is 0 Å². The molecule has 0 radical (unpaired) electrons. The SMILES string of the molecule is O=C(Cc1cccc(C(F)(F)F)c1)Cc1ccccc1F. The van der Waals surface area contributed by atoms with E-state index in [1.807, 2.05) is 0 Å². The predicted octanol–water partition coefficient (Wildman–Crippen LogP) is 4.20. The van der Waals surface area contributed by atoms with E-state index in [-0.39, 0.29) is 29.8 Å². The third-order valence-electron chi connectivity index (χ3n) is 3.00. The van der Waals surface area contributed by atoms with Gasteiger partial charge in [0.2, 0.25) is 0 Å². The summed E-state index contributed by atoms with van der Waals surface area (Å²) >= 11 is 0. The second kappa shape index (κ2) is 6.08. The molecule has 0 aromatic heterocycles. The van der Waals surface area contributed by atoms with E-state index in [2.05, 4.69) is 0 Å². The van der Waals surface area contributed by atoms with Crippen molar-refractivity contribution >= 4 is 5.78 Å². The molecule has 2 aromatic carbocycles. The lowest BCUT2D eigenvalue weighted by atomic mass is 10.0. The molecule has 0 heterocycles. The molecule has 0 saturated carbocycles. The van der Waals surface area contributed by atoms with Crippen LogP contribution in [0.2, 0.25) is 0 Å². The molecule has 0 atom stereocenters. The van der Waals surface area contributed by atoms with E-state index in [0.29, 0.717) is 0 Å². The first-order chi connectivity index (χ1) is 9.86. The van der Waals surface area contributed by atoms with Gasteiger partial charge in [0, 0.05) is 12.8 Å². The molecule has 21 heavy (non-hydrogen) atoms. The van der Waals surface area contributed by atoms with E-state index in [1.54, 1.807) is 6.07 Å². The second-order valence-corrected chi connectivity index (χ2v) is 4.68. The van der Waals surface area contributed by atoms with Crippen LogP contribution in [-0.4, -0.2) is 5.78 Å². The summed E-state index contributed by atoms with van der Waals surface area (Å²) in [7, 11) is 0. The molecule has 2 aromatic rings. The van der Waals surface area contributed by atoms with Gasteiger partial charge in [-0.3, -0.25) is 4.79 Å². The number of Topliss-reactive ketones (excluding diaryl/α,β-unsaturated/α-hetero) is 1. The maximum atomic E-state index is 13.4. The first kappa shape index (κ1) is 15.2. The Morgan fingerprint density at radius 3 is 2.33 bits per heavy atom. The highest BCUT2D eigenvalue weighted by Crippen LogP contribution is 2.29. The van der Waals surface area contributed by atoms with Crippen LogP contribution in [0.4, 0.5) is 17.6 Å². The van der Waals surface area contributed by atoms with Gasteiger partial charge in [0.05, 0.1) is 5.56 Å². The highest BCUT2D eigenvalue weighted by Gasteiger charge is 2.30. The maximum Gasteiger partial charge on any atom is 0.416 e. The molecule has 2 rings (SSSR count). The van der Waals surface area contributed by atoms with Crippen molar-refractivity contribution < 1.29 is 22.4 Å². The van der Waals surface area contributed by atoms with Crippen LogP contribution in [0.3, 0.4) is 0 Å². The zero-order valence-corrected chi connectivity index (χ0v) is 11.0. The summed E-state index contributed by atoms with van der Waals surface area (Å²) < 4.78 is 51.1. The molecule has 1 nitrogen and oxygen atoms in total. The lowest BCUT2D eigenvalue weighted by molar-refractivity contribution is -0.137. The molecule has 5 heteroatoms. The van der Waals surface area contributed by atoms with E-state index >= 15 is 0 Å². The monoisotopic (exact) mass is 296 g/mol. The largest absolute Gasteiger partial charge is 0.416 e. The molecule has 0 aliphatic carbocycles. The van der Waals surface area contributed by atoms with Gasteiger partial charge in [-0.1, -0.05) is 36.4 Å². The van der Waals surface area contributed by atoms with Crippen molar-refractivity contribution in [3.05, 3.63) is 71.0 Å². The van der Waals surface area contributed by atoms with Gasteiger partial charge < -0.3 is 0 Å². The van der Waals surface area contributed by atoms with Crippen LogP contribution >= 0.6 is 0 Å². The smallest absolute Gasteiger partial charge is 0.299 e. The highest BCUT2D eigenvalue weighted by molar-refractivity contribution is 5.83. The van der Waals surface area contributed by atoms with Crippen LogP contribution in [0.1, 0.15) is 16.7 Å². The van der Waals surface area contributed by atoms with E-state index < -0.39 is 17.6 Å². The Kier molecular flexibility index (Phi) is 4.40. The molecule has 0 unspecified atom stereocenters. The number of halogens is 4. The number of hydrogen-bond acceptors (Lipinski definition) is 1. The number of carbonyl (C=O) groups is 1. The average molecular weight is 296 g/mol. The Morgan fingerprint density at radius 1 is 0.952 bits per heavy atom. The fourth-order valence-electron chi connectivity index (χ4n) is 2.00. The van der Waals surface area contributed by atoms with Crippen LogP contribution < -0.4 is 0 Å². The molecule has 0 bridgehead atoms. The molecule has 0 N–H and O–H groups in total. The number of rotatable bonds is 4. The topological polar surface area (TPSA) is 17.1 Å². The maximum absolute atomic E-state index is 13.4. The van der Waals surface area contributed by atoms with E-state index in [0.717, 1.165) is 12.1 Å². The van der Waals surface area contributed by atoms with Crippen molar-refractivity contribution in [3.8, 4) is 0 Å². The third kappa shape index (κ3) is 4.15. The molecule has 0 aliphatic heterocycles. The van der Waals surface area contributed by atoms with Crippen LogP contribution in [0, 0.1) is 5.82 Å². The second-order valence-electron chi connectivity index (χ2n) is 4.68. The van der Waals surface area contributed by atoms with Gasteiger partial charge in [-0.2, -0.15) is 13.2 Å². The number of alkyl halides is 3. The quantitative estimate of drug-likeness (QED) is 0.773. The predicted molar refractivity (Wildman–Crippen MR) is 70.3 cm³/mol. The van der Waals surface area contributed by atoms with Crippen LogP contribution in [0.25, 0.3) is 0 Å². The van der Waals surface area contributed by atoms with Crippen LogP contribution in [-0.2, 0) is 23.8 Å². The van der Waals surface area contributed by atoms with Crippen molar-refractivity contribution in [2.45, 2.75) is 19.0 Å². The molecule has 0 spiro atoms. The third-order valence-corrected chi connectivity index (χ3v) is 3.00. The molecule has 110 valence electrons. The summed E-state index contributed by atoms with van der Waals surface area (Å²) in [6.45, 7) is 0. The van der Waals surface area contributed by atoms with Crippen molar-refractivity contribution in [2.24, 2.45) is 0 Å². The van der Waals surface area contributed by atoms with Gasteiger partial charge in [0.1, 0.15) is 11.6 Å². The highest BCUT2D eigenvalue weighted by atomic mass is 19.4. The Morgan fingerprint density at radius 2 is 1.67 bits per heavy atom. The molecule has 0 saturated heterocycles. The summed E-state index contributed by atoms with van der Waals surface area (Å²) in [4.78, 5) is 11.8. The summed E-state index contributed by atoms with van der Waals surface area (Å²) in [6.07, 6.45) is -4.73. The van der Waals surface area contributed by atoms with E-state index in [9.17, 15) is 22.4 Å². The number of benzene rings is 2. The van der Waals surface area contributed by atoms with Crippen LogP contribution in [0.5, 0.6) is 0 Å². The van der Waals surface area contributed by atoms with Gasteiger partial charge in [0.15, 0.2) is 0 Å². The lowest BCUT2D eigenvalue weighted by Crippen LogP contribution is -2.10. The normalized spacial score (nSPS) is 11.4. The minimum Gasteiger partial charge on any atom is -0.299 e. The standard InChI is InChI=1S/C16H12F4O/c17-15-7-2-1-5-12(15)10-14(21)9-11-4-3-6-13(8-11)16(18,19)20/h1-8H,9-10H2. The Labute approximate surface area is 119 Å². The zero-order valence-electron chi connectivity index (χ0n) is 11.0. The summed E-state index contributed by atoms with van der Waals surface area (Å²) in [6, 6.07) is 10.4. The number of ketones is 1. The molecular weight excluding hydrogens is 284 g/mol. The van der Waals surface area contributed by atoms with Gasteiger partial charge >= 0.3 is 6.18 Å². The van der Waals surface area contributed by atoms with Gasteiger partial charge in [-0.25, -0.2) is 4.39 Å². The summed E-state index contributed by atoms with van der Waals surface area (Å²) in [5.41, 5.74) is -0.278. The average Bonchev–Trinajstić information content (AvgIpc) is 2.41. The van der Waals surface area contributed by atoms with Gasteiger partial charge in [-0.15, -0.1) is 0 Å². The molecule has 0 fully saturated rings. The van der Waals surface area contributed by atoms with Crippen LogP contribution in [0.15, 0.2) is 48.5 Å². The number of hydrogen-bond donors (Lipinski definition) is 0. The summed E-state index contributed by atoms with van der Waals surface area (Å²) in [5, 5.41) is 0. The van der Waals surface area contributed by atoms with Gasteiger partial charge in [-0.05, 0) is 23.3 Å². The van der Waals surface area contributed by atoms with Crippen molar-refractivity contribution in [1.29, 1.82) is 0 Å². The fraction of sp³-hybridized carbons (Fsp3) is 0.188. The van der Waals surface area contributed by atoms with E-state index in [1.165, 1.54) is 30.3 Å². The molecule has 0 aliphatic rings. The molecular formula is C16H12F4O. The number of carbonyl (C=O) groups excluding carboxylic acids is 1. The van der Waals surface area contributed by atoms with Crippen molar-refractivity contribution in [3.63, 3.8) is 0 Å². The summed E-state index contributed by atoms with van der Waals surface area (Å²) in [5.74, 6) is -0.825. The lowest BCUT2D eigenvalue weighted by Gasteiger charge is -2.08. The Balaban J connectivity index is 2.08.